The van der Waals surface area contributed by atoms with Crippen LogP contribution in [0.3, 0.4) is 0 Å². The Kier molecular flexibility index (Phi) is 8.07. The standard InChI is InChI=1S/C29H24ClN7O3/c30-22-7-10-27(37-18-32-35-36-37)20(15-22)6-11-28(39)34-26(14-19-4-2-1-3-5-19)29(40)33-23-8-9-25-24(16-23)21(12-13-38)17-31-25/h1-11,13,15-18,26,31H,12,14H2,(H,33,40)(H,34,39)/b11-6+/t26-/m0/s1. The van der Waals surface area contributed by atoms with Gasteiger partial charge in [0.25, 0.3) is 0 Å². The quantitative estimate of drug-likeness (QED) is 0.177. The van der Waals surface area contributed by atoms with Crippen molar-refractivity contribution in [2.45, 2.75) is 18.9 Å². The van der Waals surface area contributed by atoms with Crippen molar-refractivity contribution in [3.8, 4) is 5.69 Å². The lowest BCUT2D eigenvalue weighted by molar-refractivity contribution is -0.123. The van der Waals surface area contributed by atoms with E-state index in [1.165, 1.54) is 17.1 Å². The molecule has 0 aliphatic carbocycles. The number of tetrazole rings is 1. The number of carbonyl (C=O) groups excluding carboxylic acids is 3. The summed E-state index contributed by atoms with van der Waals surface area (Å²) in [5, 5.41) is 18.3. The van der Waals surface area contributed by atoms with E-state index in [9.17, 15) is 14.4 Å². The maximum Gasteiger partial charge on any atom is 0.247 e. The lowest BCUT2D eigenvalue weighted by Crippen LogP contribution is -2.44. The third kappa shape index (κ3) is 6.30. The zero-order chi connectivity index (χ0) is 27.9. The molecule has 10 nitrogen and oxygen atoms in total. The molecule has 0 aliphatic rings. The smallest absolute Gasteiger partial charge is 0.247 e. The van der Waals surface area contributed by atoms with E-state index in [0.29, 0.717) is 22.0 Å². The zero-order valence-corrected chi connectivity index (χ0v) is 21.9. The number of rotatable bonds is 10. The number of H-pyrrole nitrogens is 1. The monoisotopic (exact) mass is 553 g/mol. The fourth-order valence-electron chi connectivity index (χ4n) is 4.33. The first-order valence-electron chi connectivity index (χ1n) is 12.4. The molecule has 40 heavy (non-hydrogen) atoms. The van der Waals surface area contributed by atoms with Gasteiger partial charge in [0.2, 0.25) is 11.8 Å². The van der Waals surface area contributed by atoms with E-state index in [4.69, 9.17) is 11.6 Å². The molecule has 2 amide bonds. The van der Waals surface area contributed by atoms with Crippen LogP contribution in [0.15, 0.2) is 85.3 Å². The van der Waals surface area contributed by atoms with E-state index in [0.717, 1.165) is 28.3 Å². The number of hydrogen-bond acceptors (Lipinski definition) is 6. The van der Waals surface area contributed by atoms with Gasteiger partial charge in [0.05, 0.1) is 5.69 Å². The number of fused-ring (bicyclic) bond motifs is 1. The Morgan fingerprint density at radius 3 is 2.70 bits per heavy atom. The maximum absolute atomic E-state index is 13.4. The van der Waals surface area contributed by atoms with Gasteiger partial charge in [0, 0.05) is 52.3 Å². The van der Waals surface area contributed by atoms with E-state index in [2.05, 4.69) is 31.1 Å². The Morgan fingerprint density at radius 1 is 1.07 bits per heavy atom. The van der Waals surface area contributed by atoms with Gasteiger partial charge in [-0.3, -0.25) is 9.59 Å². The van der Waals surface area contributed by atoms with Gasteiger partial charge in [-0.2, -0.15) is 4.68 Å². The number of anilines is 1. The summed E-state index contributed by atoms with van der Waals surface area (Å²) in [4.78, 5) is 40.6. The number of nitrogens with zero attached hydrogens (tertiary/aromatic N) is 4. The van der Waals surface area contributed by atoms with Crippen molar-refractivity contribution >= 4 is 52.4 Å². The van der Waals surface area contributed by atoms with Crippen molar-refractivity contribution in [3.05, 3.63) is 107 Å². The number of aldehydes is 1. The fourth-order valence-corrected chi connectivity index (χ4v) is 4.51. The molecule has 0 radical (unpaired) electrons. The van der Waals surface area contributed by atoms with Gasteiger partial charge in [-0.05, 0) is 64.0 Å². The van der Waals surface area contributed by atoms with Crippen LogP contribution in [0.1, 0.15) is 16.7 Å². The number of amides is 2. The summed E-state index contributed by atoms with van der Waals surface area (Å²) >= 11 is 6.18. The first-order chi connectivity index (χ1) is 19.5. The third-order valence-corrected chi connectivity index (χ3v) is 6.49. The molecule has 2 heterocycles. The summed E-state index contributed by atoms with van der Waals surface area (Å²) in [5.74, 6) is -0.845. The highest BCUT2D eigenvalue weighted by Gasteiger charge is 2.21. The van der Waals surface area contributed by atoms with Gasteiger partial charge >= 0.3 is 0 Å². The van der Waals surface area contributed by atoms with Gasteiger partial charge in [-0.15, -0.1) is 5.10 Å². The molecule has 0 unspecified atom stereocenters. The summed E-state index contributed by atoms with van der Waals surface area (Å²) in [6.45, 7) is 0. The molecule has 11 heteroatoms. The van der Waals surface area contributed by atoms with Crippen LogP contribution in [0.25, 0.3) is 22.7 Å². The molecule has 0 spiro atoms. The number of hydrogen-bond donors (Lipinski definition) is 3. The average molecular weight is 554 g/mol. The molecule has 5 rings (SSSR count). The maximum atomic E-state index is 13.4. The summed E-state index contributed by atoms with van der Waals surface area (Å²) in [6.07, 6.45) is 7.52. The fraction of sp³-hybridized carbons (Fsp3) is 0.103. The average Bonchev–Trinajstić information content (AvgIpc) is 3.63. The van der Waals surface area contributed by atoms with Crippen LogP contribution < -0.4 is 10.6 Å². The minimum atomic E-state index is -0.866. The first kappa shape index (κ1) is 26.5. The molecule has 5 aromatic rings. The Hall–Kier alpha value is -5.09. The van der Waals surface area contributed by atoms with Crippen molar-refractivity contribution in [2.24, 2.45) is 0 Å². The van der Waals surface area contributed by atoms with Crippen molar-refractivity contribution < 1.29 is 14.4 Å². The number of benzene rings is 3. The first-order valence-corrected chi connectivity index (χ1v) is 12.8. The predicted octanol–water partition coefficient (Wildman–Crippen LogP) is 3.92. The van der Waals surface area contributed by atoms with Gasteiger partial charge < -0.3 is 20.4 Å². The molecule has 0 aliphatic heterocycles. The number of aromatic amines is 1. The molecule has 0 saturated heterocycles. The number of aromatic nitrogens is 5. The molecular weight excluding hydrogens is 530 g/mol. The second-order valence-corrected chi connectivity index (χ2v) is 9.41. The second-order valence-electron chi connectivity index (χ2n) is 8.98. The molecule has 3 aromatic carbocycles. The van der Waals surface area contributed by atoms with E-state index in [-0.39, 0.29) is 18.7 Å². The normalized spacial score (nSPS) is 11.9. The van der Waals surface area contributed by atoms with Gasteiger partial charge in [0.1, 0.15) is 18.7 Å². The van der Waals surface area contributed by atoms with Crippen molar-refractivity contribution in [1.29, 1.82) is 0 Å². The molecule has 0 saturated carbocycles. The van der Waals surface area contributed by atoms with Crippen LogP contribution in [0.2, 0.25) is 5.02 Å². The van der Waals surface area contributed by atoms with Crippen LogP contribution in [0, 0.1) is 0 Å². The zero-order valence-electron chi connectivity index (χ0n) is 21.1. The molecule has 200 valence electrons. The van der Waals surface area contributed by atoms with Crippen LogP contribution in [-0.2, 0) is 27.2 Å². The van der Waals surface area contributed by atoms with E-state index >= 15 is 0 Å². The summed E-state index contributed by atoms with van der Waals surface area (Å²) in [6, 6.07) is 19.1. The predicted molar refractivity (Wildman–Crippen MR) is 152 cm³/mol. The number of carbonyl (C=O) groups is 3. The SMILES string of the molecule is O=CCc1c[nH]c2ccc(NC(=O)[C@H](Cc3ccccc3)NC(=O)/C=C/c3cc(Cl)ccc3-n3cnnn3)cc12. The van der Waals surface area contributed by atoms with Crippen molar-refractivity contribution in [3.63, 3.8) is 0 Å². The Balaban J connectivity index is 1.36. The highest BCUT2D eigenvalue weighted by atomic mass is 35.5. The van der Waals surface area contributed by atoms with Gasteiger partial charge in [-0.1, -0.05) is 41.9 Å². The minimum Gasteiger partial charge on any atom is -0.361 e. The molecule has 1 atom stereocenters. The van der Waals surface area contributed by atoms with Crippen LogP contribution in [-0.4, -0.2) is 49.3 Å². The Labute approximate surface area is 234 Å². The Bertz CT molecular complexity index is 1680. The summed E-state index contributed by atoms with van der Waals surface area (Å²) in [7, 11) is 0. The van der Waals surface area contributed by atoms with Gasteiger partial charge in [0.15, 0.2) is 0 Å². The molecule has 0 bridgehead atoms. The van der Waals surface area contributed by atoms with E-state index in [1.54, 1.807) is 36.5 Å². The molecule has 0 fully saturated rings. The molecule has 2 aromatic heterocycles. The van der Waals surface area contributed by atoms with E-state index < -0.39 is 11.9 Å². The van der Waals surface area contributed by atoms with Crippen LogP contribution in [0.4, 0.5) is 5.69 Å². The highest BCUT2D eigenvalue weighted by molar-refractivity contribution is 6.30. The lowest BCUT2D eigenvalue weighted by Gasteiger charge is -2.18. The lowest BCUT2D eigenvalue weighted by atomic mass is 10.0. The van der Waals surface area contributed by atoms with Gasteiger partial charge in [-0.25, -0.2) is 0 Å². The number of halogens is 1. The van der Waals surface area contributed by atoms with E-state index in [1.807, 2.05) is 42.5 Å². The minimum absolute atomic E-state index is 0.262. The second kappa shape index (κ2) is 12.2. The number of nitrogens with one attached hydrogen (secondary N) is 3. The largest absolute Gasteiger partial charge is 0.361 e. The topological polar surface area (TPSA) is 135 Å². The van der Waals surface area contributed by atoms with Crippen molar-refractivity contribution in [1.82, 2.24) is 30.5 Å². The van der Waals surface area contributed by atoms with Crippen molar-refractivity contribution in [2.75, 3.05) is 5.32 Å². The molecular formula is C29H24ClN7O3. The van der Waals surface area contributed by atoms with Crippen LogP contribution in [0.5, 0.6) is 0 Å². The summed E-state index contributed by atoms with van der Waals surface area (Å²) < 4.78 is 1.46. The molecule has 3 N–H and O–H groups in total. The third-order valence-electron chi connectivity index (χ3n) is 6.25. The highest BCUT2D eigenvalue weighted by Crippen LogP contribution is 2.23. The summed E-state index contributed by atoms with van der Waals surface area (Å²) in [5.41, 5.74) is 4.38. The Morgan fingerprint density at radius 2 is 1.93 bits per heavy atom. The van der Waals surface area contributed by atoms with Crippen LogP contribution >= 0.6 is 11.6 Å².